The first kappa shape index (κ1) is 13.3. The summed E-state index contributed by atoms with van der Waals surface area (Å²) < 4.78 is 25.7. The van der Waals surface area contributed by atoms with Gasteiger partial charge in [-0.05, 0) is 50.1 Å². The van der Waals surface area contributed by atoms with Gasteiger partial charge in [0, 0.05) is 25.3 Å². The molecular weight excluding hydrogens is 252 g/mol. The van der Waals surface area contributed by atoms with Crippen LogP contribution in [0.4, 0.5) is 8.78 Å². The SMILES string of the molecule is O=C(O)CC1CC2(CCN(C[C@H]3CC3(F)F)CC2)C1. The van der Waals surface area contributed by atoms with Gasteiger partial charge in [-0.3, -0.25) is 4.79 Å². The Morgan fingerprint density at radius 3 is 2.26 bits per heavy atom. The third-order valence-electron chi connectivity index (χ3n) is 5.26. The molecule has 3 rings (SSSR count). The minimum absolute atomic E-state index is 0.0648. The van der Waals surface area contributed by atoms with Crippen molar-refractivity contribution in [2.24, 2.45) is 17.3 Å². The smallest absolute Gasteiger partial charge is 0.303 e. The number of hydrogen-bond donors (Lipinski definition) is 1. The standard InChI is InChI=1S/C14H21F2NO2/c15-14(16)8-11(14)9-17-3-1-13(2-4-17)6-10(7-13)5-12(18)19/h10-11H,1-9H2,(H,18,19)/t11-/m1/s1. The number of carbonyl (C=O) groups is 1. The third kappa shape index (κ3) is 2.76. The largest absolute Gasteiger partial charge is 0.481 e. The van der Waals surface area contributed by atoms with Crippen molar-refractivity contribution in [2.75, 3.05) is 19.6 Å². The van der Waals surface area contributed by atoms with E-state index in [1.54, 1.807) is 0 Å². The van der Waals surface area contributed by atoms with Crippen molar-refractivity contribution in [2.45, 2.75) is 44.4 Å². The number of rotatable bonds is 4. The number of hydrogen-bond acceptors (Lipinski definition) is 2. The van der Waals surface area contributed by atoms with Crippen LogP contribution in [0, 0.1) is 17.3 Å². The molecule has 5 heteroatoms. The van der Waals surface area contributed by atoms with Crippen LogP contribution in [-0.2, 0) is 4.79 Å². The number of carboxylic acid groups (broad SMARTS) is 1. The average Bonchev–Trinajstić information content (AvgIpc) is 2.86. The fourth-order valence-electron chi connectivity index (χ4n) is 3.95. The number of halogens is 2. The second-order valence-electron chi connectivity index (χ2n) is 6.83. The highest BCUT2D eigenvalue weighted by Gasteiger charge is 2.57. The van der Waals surface area contributed by atoms with Crippen molar-refractivity contribution >= 4 is 5.97 Å². The fourth-order valence-corrected chi connectivity index (χ4v) is 3.95. The van der Waals surface area contributed by atoms with Crippen LogP contribution < -0.4 is 0 Å². The molecule has 0 aromatic heterocycles. The van der Waals surface area contributed by atoms with Gasteiger partial charge in [0.1, 0.15) is 0 Å². The summed E-state index contributed by atoms with van der Waals surface area (Å²) >= 11 is 0. The van der Waals surface area contributed by atoms with Crippen molar-refractivity contribution in [3.05, 3.63) is 0 Å². The van der Waals surface area contributed by atoms with Crippen molar-refractivity contribution in [1.82, 2.24) is 4.90 Å². The topological polar surface area (TPSA) is 40.5 Å². The van der Waals surface area contributed by atoms with E-state index in [0.29, 0.717) is 24.3 Å². The molecule has 0 unspecified atom stereocenters. The van der Waals surface area contributed by atoms with E-state index < -0.39 is 17.8 Å². The van der Waals surface area contributed by atoms with Gasteiger partial charge in [-0.1, -0.05) is 0 Å². The number of aliphatic carboxylic acids is 1. The molecule has 1 aliphatic heterocycles. The minimum atomic E-state index is -2.40. The van der Waals surface area contributed by atoms with Crippen LogP contribution in [0.3, 0.4) is 0 Å². The van der Waals surface area contributed by atoms with Gasteiger partial charge in [0.2, 0.25) is 0 Å². The first-order chi connectivity index (χ1) is 8.89. The van der Waals surface area contributed by atoms with Crippen LogP contribution in [0.5, 0.6) is 0 Å². The Bertz CT molecular complexity index is 370. The summed E-state index contributed by atoms with van der Waals surface area (Å²) in [6.07, 6.45) is 4.51. The van der Waals surface area contributed by atoms with E-state index in [0.717, 1.165) is 38.8 Å². The highest BCUT2D eigenvalue weighted by atomic mass is 19.3. The van der Waals surface area contributed by atoms with E-state index >= 15 is 0 Å². The Balaban J connectivity index is 1.40. The maximum absolute atomic E-state index is 12.9. The number of nitrogens with zero attached hydrogens (tertiary/aromatic N) is 1. The third-order valence-corrected chi connectivity index (χ3v) is 5.26. The van der Waals surface area contributed by atoms with E-state index in [4.69, 9.17) is 5.11 Å². The molecular formula is C14H21F2NO2. The monoisotopic (exact) mass is 273 g/mol. The molecule has 3 nitrogen and oxygen atoms in total. The lowest BCUT2D eigenvalue weighted by Gasteiger charge is -2.52. The Labute approximate surface area is 112 Å². The van der Waals surface area contributed by atoms with Gasteiger partial charge in [-0.2, -0.15) is 0 Å². The maximum atomic E-state index is 12.9. The number of alkyl halides is 2. The lowest BCUT2D eigenvalue weighted by molar-refractivity contribution is -0.140. The molecule has 3 fully saturated rings. The maximum Gasteiger partial charge on any atom is 0.303 e. The van der Waals surface area contributed by atoms with Crippen LogP contribution in [0.2, 0.25) is 0 Å². The van der Waals surface area contributed by atoms with Crippen molar-refractivity contribution < 1.29 is 18.7 Å². The highest BCUT2D eigenvalue weighted by Crippen LogP contribution is 2.54. The molecule has 2 aliphatic carbocycles. The molecule has 2 saturated carbocycles. The zero-order valence-corrected chi connectivity index (χ0v) is 11.1. The van der Waals surface area contributed by atoms with Gasteiger partial charge in [-0.25, -0.2) is 8.78 Å². The first-order valence-electron chi connectivity index (χ1n) is 7.21. The normalized spacial score (nSPS) is 33.1. The molecule has 1 atom stereocenters. The quantitative estimate of drug-likeness (QED) is 0.856. The summed E-state index contributed by atoms with van der Waals surface area (Å²) in [7, 11) is 0. The zero-order chi connectivity index (χ0) is 13.7. The van der Waals surface area contributed by atoms with Gasteiger partial charge < -0.3 is 10.0 Å². The van der Waals surface area contributed by atoms with Crippen molar-refractivity contribution in [1.29, 1.82) is 0 Å². The lowest BCUT2D eigenvalue weighted by atomic mass is 9.57. The van der Waals surface area contributed by atoms with Gasteiger partial charge in [0.15, 0.2) is 0 Å². The van der Waals surface area contributed by atoms with E-state index in [1.165, 1.54) is 0 Å². The fraction of sp³-hybridized carbons (Fsp3) is 0.929. The Hall–Kier alpha value is -0.710. The predicted molar refractivity (Wildman–Crippen MR) is 66.1 cm³/mol. The van der Waals surface area contributed by atoms with Crippen LogP contribution in [0.25, 0.3) is 0 Å². The van der Waals surface area contributed by atoms with Gasteiger partial charge in [0.05, 0.1) is 0 Å². The van der Waals surface area contributed by atoms with Gasteiger partial charge in [-0.15, -0.1) is 0 Å². The summed E-state index contributed by atoms with van der Waals surface area (Å²) in [6.45, 7) is 2.36. The van der Waals surface area contributed by atoms with Crippen LogP contribution in [0.15, 0.2) is 0 Å². The number of piperidine rings is 1. The molecule has 0 radical (unpaired) electrons. The summed E-state index contributed by atoms with van der Waals surface area (Å²) in [5, 5.41) is 8.75. The molecule has 19 heavy (non-hydrogen) atoms. The summed E-state index contributed by atoms with van der Waals surface area (Å²) in [6, 6.07) is 0. The number of likely N-dealkylation sites (tertiary alicyclic amines) is 1. The predicted octanol–water partition coefficient (Wildman–Crippen LogP) is 2.61. The minimum Gasteiger partial charge on any atom is -0.481 e. The highest BCUT2D eigenvalue weighted by molar-refractivity contribution is 5.67. The average molecular weight is 273 g/mol. The second-order valence-corrected chi connectivity index (χ2v) is 6.83. The van der Waals surface area contributed by atoms with Gasteiger partial charge >= 0.3 is 5.97 Å². The molecule has 0 bridgehead atoms. The molecule has 3 aliphatic rings. The van der Waals surface area contributed by atoms with Crippen molar-refractivity contribution in [3.63, 3.8) is 0 Å². The molecule has 1 spiro atoms. The summed E-state index contributed by atoms with van der Waals surface area (Å²) in [4.78, 5) is 12.8. The van der Waals surface area contributed by atoms with Crippen LogP contribution >= 0.6 is 0 Å². The van der Waals surface area contributed by atoms with E-state index in [-0.39, 0.29) is 6.42 Å². The molecule has 1 saturated heterocycles. The van der Waals surface area contributed by atoms with Crippen LogP contribution in [0.1, 0.15) is 38.5 Å². The first-order valence-corrected chi connectivity index (χ1v) is 7.21. The molecule has 108 valence electrons. The molecule has 0 aromatic carbocycles. The Morgan fingerprint density at radius 1 is 1.21 bits per heavy atom. The van der Waals surface area contributed by atoms with Gasteiger partial charge in [0.25, 0.3) is 5.92 Å². The second kappa shape index (κ2) is 4.40. The summed E-state index contributed by atoms with van der Waals surface area (Å²) in [5.41, 5.74) is 0.336. The Morgan fingerprint density at radius 2 is 1.79 bits per heavy atom. The van der Waals surface area contributed by atoms with Crippen LogP contribution in [-0.4, -0.2) is 41.5 Å². The Kier molecular flexibility index (Phi) is 3.08. The van der Waals surface area contributed by atoms with E-state index in [2.05, 4.69) is 4.90 Å². The zero-order valence-electron chi connectivity index (χ0n) is 11.1. The lowest BCUT2D eigenvalue weighted by Crippen LogP contribution is -2.48. The molecule has 0 amide bonds. The van der Waals surface area contributed by atoms with Crippen molar-refractivity contribution in [3.8, 4) is 0 Å². The number of carboxylic acids is 1. The van der Waals surface area contributed by atoms with E-state index in [1.807, 2.05) is 0 Å². The molecule has 0 aromatic rings. The van der Waals surface area contributed by atoms with E-state index in [9.17, 15) is 13.6 Å². The molecule has 1 heterocycles. The molecule has 1 N–H and O–H groups in total. The summed E-state index contributed by atoms with van der Waals surface area (Å²) in [5.74, 6) is -3.18.